The van der Waals surface area contributed by atoms with Crippen LogP contribution in [0.25, 0.3) is 105 Å². The number of furan rings is 1. The number of rotatable bonds is 4. The van der Waals surface area contributed by atoms with Gasteiger partial charge in [0.1, 0.15) is 11.2 Å². The Morgan fingerprint density at radius 1 is 0.385 bits per heavy atom. The summed E-state index contributed by atoms with van der Waals surface area (Å²) in [5.74, 6) is 0. The first-order chi connectivity index (χ1) is 25.8. The molecule has 0 aliphatic rings. The molecule has 0 N–H and O–H groups in total. The molecular formula is C49H30N2O. The Kier molecular flexibility index (Phi) is 6.25. The van der Waals surface area contributed by atoms with Gasteiger partial charge in [0, 0.05) is 54.5 Å². The second-order valence-electron chi connectivity index (χ2n) is 13.5. The molecule has 8 aromatic carbocycles. The van der Waals surface area contributed by atoms with Crippen LogP contribution < -0.4 is 0 Å². The maximum atomic E-state index is 6.57. The van der Waals surface area contributed by atoms with Crippen LogP contribution in [-0.4, -0.2) is 9.55 Å². The first-order valence-electron chi connectivity index (χ1n) is 17.7. The summed E-state index contributed by atoms with van der Waals surface area (Å²) >= 11 is 0. The van der Waals surface area contributed by atoms with Crippen LogP contribution in [0.1, 0.15) is 0 Å². The van der Waals surface area contributed by atoms with Gasteiger partial charge in [0.15, 0.2) is 0 Å². The monoisotopic (exact) mass is 662 g/mol. The van der Waals surface area contributed by atoms with Gasteiger partial charge in [-0.3, -0.25) is 0 Å². The van der Waals surface area contributed by atoms with E-state index in [9.17, 15) is 0 Å². The molecule has 0 aliphatic carbocycles. The van der Waals surface area contributed by atoms with Crippen LogP contribution in [0.15, 0.2) is 186 Å². The van der Waals surface area contributed by atoms with Crippen LogP contribution in [0.5, 0.6) is 0 Å². The van der Waals surface area contributed by atoms with Crippen LogP contribution >= 0.6 is 0 Å². The van der Waals surface area contributed by atoms with Crippen LogP contribution in [0, 0.1) is 0 Å². The molecule has 0 aliphatic heterocycles. The predicted molar refractivity (Wildman–Crippen MR) is 217 cm³/mol. The Morgan fingerprint density at radius 2 is 1.02 bits per heavy atom. The highest BCUT2D eigenvalue weighted by molar-refractivity contribution is 6.27. The average Bonchev–Trinajstić information content (AvgIpc) is 3.75. The summed E-state index contributed by atoms with van der Waals surface area (Å²) in [6.45, 7) is 0. The summed E-state index contributed by atoms with van der Waals surface area (Å²) in [7, 11) is 0. The molecule has 0 spiro atoms. The first-order valence-corrected chi connectivity index (χ1v) is 17.7. The van der Waals surface area contributed by atoms with Gasteiger partial charge in [0.2, 0.25) is 0 Å². The zero-order chi connectivity index (χ0) is 34.2. The molecule has 0 unspecified atom stereocenters. The van der Waals surface area contributed by atoms with Gasteiger partial charge in [-0.2, -0.15) is 0 Å². The Hall–Kier alpha value is -6.97. The maximum Gasteiger partial charge on any atom is 0.136 e. The molecule has 3 heteroatoms. The van der Waals surface area contributed by atoms with Crippen molar-refractivity contribution in [3.05, 3.63) is 182 Å². The zero-order valence-electron chi connectivity index (χ0n) is 28.1. The van der Waals surface area contributed by atoms with Crippen molar-refractivity contribution in [3.63, 3.8) is 0 Å². The van der Waals surface area contributed by atoms with Crippen molar-refractivity contribution in [1.29, 1.82) is 0 Å². The fraction of sp³-hybridized carbons (Fsp3) is 0. The highest BCUT2D eigenvalue weighted by Crippen LogP contribution is 2.46. The number of pyridine rings is 1. The van der Waals surface area contributed by atoms with Crippen LogP contribution in [0.4, 0.5) is 0 Å². The van der Waals surface area contributed by atoms with E-state index in [1.54, 1.807) is 0 Å². The van der Waals surface area contributed by atoms with Gasteiger partial charge in [0.25, 0.3) is 0 Å². The Morgan fingerprint density at radius 3 is 1.85 bits per heavy atom. The fourth-order valence-corrected chi connectivity index (χ4v) is 8.26. The van der Waals surface area contributed by atoms with Crippen molar-refractivity contribution >= 4 is 65.4 Å². The highest BCUT2D eigenvalue weighted by atomic mass is 16.3. The van der Waals surface area contributed by atoms with Crippen molar-refractivity contribution in [2.75, 3.05) is 0 Å². The standard InChI is InChI=1S/C49H30N2O/c1-3-13-32(14-4-1)46-47-38-18-7-10-20-41(38)50-49(40(47)30-45-48(46)39-19-9-12-22-44(39)52-45)33-25-23-31(24-26-33)34-27-28-37-36-17-8-11-21-42(36)51(43(37)29-34)35-15-5-2-6-16-35/h1-30H. The molecule has 0 saturated carbocycles. The lowest BCUT2D eigenvalue weighted by atomic mass is 9.89. The van der Waals surface area contributed by atoms with E-state index in [1.165, 1.54) is 38.3 Å². The van der Waals surface area contributed by atoms with Crippen LogP contribution in [0.2, 0.25) is 0 Å². The smallest absolute Gasteiger partial charge is 0.136 e. The van der Waals surface area contributed by atoms with Gasteiger partial charge >= 0.3 is 0 Å². The van der Waals surface area contributed by atoms with E-state index in [1.807, 2.05) is 6.07 Å². The van der Waals surface area contributed by atoms with E-state index in [0.29, 0.717) is 0 Å². The molecule has 11 rings (SSSR count). The predicted octanol–water partition coefficient (Wildman–Crippen LogP) is 13.4. The minimum absolute atomic E-state index is 0.865. The number of hydrogen-bond acceptors (Lipinski definition) is 2. The number of benzene rings is 8. The summed E-state index contributed by atoms with van der Waals surface area (Å²) in [6.07, 6.45) is 0. The van der Waals surface area contributed by atoms with E-state index >= 15 is 0 Å². The van der Waals surface area contributed by atoms with Crippen molar-refractivity contribution in [3.8, 4) is 39.2 Å². The molecule has 0 bridgehead atoms. The fourth-order valence-electron chi connectivity index (χ4n) is 8.26. The molecule has 3 heterocycles. The number of nitrogens with zero attached hydrogens (tertiary/aromatic N) is 2. The van der Waals surface area contributed by atoms with E-state index in [-0.39, 0.29) is 0 Å². The summed E-state index contributed by atoms with van der Waals surface area (Å²) in [6, 6.07) is 64.8. The summed E-state index contributed by atoms with van der Waals surface area (Å²) in [5, 5.41) is 8.15. The third kappa shape index (κ3) is 4.30. The highest BCUT2D eigenvalue weighted by Gasteiger charge is 2.21. The molecule has 0 amide bonds. The van der Waals surface area contributed by atoms with Crippen LogP contribution in [0.3, 0.4) is 0 Å². The van der Waals surface area contributed by atoms with Gasteiger partial charge in [-0.25, -0.2) is 4.98 Å². The minimum Gasteiger partial charge on any atom is -0.456 e. The molecule has 3 nitrogen and oxygen atoms in total. The molecule has 0 radical (unpaired) electrons. The Labute approximate surface area is 299 Å². The number of hydrogen-bond donors (Lipinski definition) is 0. The molecule has 0 saturated heterocycles. The van der Waals surface area contributed by atoms with Crippen LogP contribution in [-0.2, 0) is 0 Å². The molecule has 0 atom stereocenters. The van der Waals surface area contributed by atoms with Crippen molar-refractivity contribution in [2.45, 2.75) is 0 Å². The lowest BCUT2D eigenvalue weighted by Crippen LogP contribution is -1.94. The van der Waals surface area contributed by atoms with Crippen molar-refractivity contribution in [1.82, 2.24) is 9.55 Å². The van der Waals surface area contributed by atoms with E-state index in [2.05, 4.69) is 180 Å². The lowest BCUT2D eigenvalue weighted by Gasteiger charge is -2.16. The average molecular weight is 663 g/mol. The topological polar surface area (TPSA) is 31.0 Å². The SMILES string of the molecule is c1ccc(-c2c3c(cc4c(-c5ccc(-c6ccc7c8ccccc8n(-c8ccccc8)c7c6)cc5)nc5ccccc5c24)oc2ccccc23)cc1. The second-order valence-corrected chi connectivity index (χ2v) is 13.5. The van der Waals surface area contributed by atoms with E-state index in [0.717, 1.165) is 66.3 Å². The maximum absolute atomic E-state index is 6.57. The molecule has 0 fully saturated rings. The van der Waals surface area contributed by atoms with Crippen molar-refractivity contribution in [2.24, 2.45) is 0 Å². The summed E-state index contributed by atoms with van der Waals surface area (Å²) < 4.78 is 8.94. The summed E-state index contributed by atoms with van der Waals surface area (Å²) in [4.78, 5) is 5.34. The zero-order valence-corrected chi connectivity index (χ0v) is 28.1. The third-order valence-electron chi connectivity index (χ3n) is 10.6. The molecule has 11 aromatic rings. The molecule has 242 valence electrons. The third-order valence-corrected chi connectivity index (χ3v) is 10.6. The van der Waals surface area contributed by atoms with Gasteiger partial charge in [-0.15, -0.1) is 0 Å². The van der Waals surface area contributed by atoms with E-state index in [4.69, 9.17) is 9.40 Å². The lowest BCUT2D eigenvalue weighted by molar-refractivity contribution is 0.669. The molecular weight excluding hydrogens is 633 g/mol. The van der Waals surface area contributed by atoms with Crippen molar-refractivity contribution < 1.29 is 4.42 Å². The van der Waals surface area contributed by atoms with Gasteiger partial charge in [0.05, 0.1) is 22.2 Å². The number of fused-ring (bicyclic) bond motifs is 9. The van der Waals surface area contributed by atoms with Gasteiger partial charge < -0.3 is 8.98 Å². The quantitative estimate of drug-likeness (QED) is 0.176. The summed E-state index contributed by atoms with van der Waals surface area (Å²) in [5.41, 5.74) is 13.0. The molecule has 52 heavy (non-hydrogen) atoms. The first kappa shape index (κ1) is 28.8. The minimum atomic E-state index is 0.865. The van der Waals surface area contributed by atoms with Gasteiger partial charge in [-0.05, 0) is 59.2 Å². The molecule has 3 aromatic heterocycles. The van der Waals surface area contributed by atoms with Gasteiger partial charge in [-0.1, -0.05) is 140 Å². The largest absolute Gasteiger partial charge is 0.456 e. The Balaban J connectivity index is 1.13. The second kappa shape index (κ2) is 11.3. The number of aromatic nitrogens is 2. The van der Waals surface area contributed by atoms with E-state index < -0.39 is 0 Å². The Bertz CT molecular complexity index is 3150. The number of para-hydroxylation sites is 4. The normalized spacial score (nSPS) is 11.8.